The minimum atomic E-state index is -3.55. The van der Waals surface area contributed by atoms with Crippen LogP contribution >= 0.6 is 0 Å². The van der Waals surface area contributed by atoms with Crippen LogP contribution in [0.1, 0.15) is 73.7 Å². The molecule has 0 atom stereocenters. The van der Waals surface area contributed by atoms with Gasteiger partial charge in [-0.05, 0) is 106 Å². The number of aryl methyl sites for hydroxylation is 1. The highest BCUT2D eigenvalue weighted by Gasteiger charge is 2.50. The molecule has 2 N–H and O–H groups in total. The van der Waals surface area contributed by atoms with Gasteiger partial charge in [-0.25, -0.2) is 13.1 Å². The van der Waals surface area contributed by atoms with Gasteiger partial charge in [0.1, 0.15) is 0 Å². The fraction of sp³-hybridized carbons (Fsp3) is 0.696. The number of carbonyl (C=O) groups excluding carboxylic acids is 1. The molecule has 6 rings (SSSR count). The standard InChI is InChI=1S/C23H32N2O3S/c1-15-2-5-20(29(27,28)25-19-3-4-19)11-21(15)22(26)24-7-6-23-12-16-8-17(13-23)10-18(9-16)14-23/h2,5,11,16-19,25H,3-4,6-10,12-14H2,1H3,(H,24,26). The summed E-state index contributed by atoms with van der Waals surface area (Å²) >= 11 is 0. The Labute approximate surface area is 174 Å². The molecule has 0 aromatic heterocycles. The Bertz CT molecular complexity index is 885. The average molecular weight is 417 g/mol. The van der Waals surface area contributed by atoms with E-state index in [2.05, 4.69) is 10.0 Å². The first-order valence-electron chi connectivity index (χ1n) is 11.2. The summed E-state index contributed by atoms with van der Waals surface area (Å²) in [7, 11) is -3.55. The van der Waals surface area contributed by atoms with Gasteiger partial charge in [0.15, 0.2) is 0 Å². The SMILES string of the molecule is Cc1ccc(S(=O)(=O)NC2CC2)cc1C(=O)NCCC12CC3CC(CC(C3)C1)C2. The maximum Gasteiger partial charge on any atom is 0.251 e. The molecule has 6 heteroatoms. The van der Waals surface area contributed by atoms with Crippen LogP contribution in [0.5, 0.6) is 0 Å². The van der Waals surface area contributed by atoms with Gasteiger partial charge in [0.05, 0.1) is 4.90 Å². The van der Waals surface area contributed by atoms with Crippen molar-refractivity contribution in [3.8, 4) is 0 Å². The van der Waals surface area contributed by atoms with E-state index >= 15 is 0 Å². The van der Waals surface area contributed by atoms with Crippen LogP contribution in [0.2, 0.25) is 0 Å². The van der Waals surface area contributed by atoms with Crippen LogP contribution in [0.3, 0.4) is 0 Å². The Kier molecular flexibility index (Phi) is 4.78. The summed E-state index contributed by atoms with van der Waals surface area (Å²) in [6.07, 6.45) is 11.2. The highest BCUT2D eigenvalue weighted by atomic mass is 32.2. The van der Waals surface area contributed by atoms with Gasteiger partial charge in [0, 0.05) is 18.2 Å². The number of hydrogen-bond donors (Lipinski definition) is 2. The fourth-order valence-corrected chi connectivity index (χ4v) is 7.96. The Morgan fingerprint density at radius 2 is 1.69 bits per heavy atom. The summed E-state index contributed by atoms with van der Waals surface area (Å²) in [6, 6.07) is 4.90. The van der Waals surface area contributed by atoms with Crippen molar-refractivity contribution in [3.63, 3.8) is 0 Å². The molecular weight excluding hydrogens is 384 g/mol. The monoisotopic (exact) mass is 416 g/mol. The molecule has 4 bridgehead atoms. The van der Waals surface area contributed by atoms with Gasteiger partial charge < -0.3 is 5.32 Å². The van der Waals surface area contributed by atoms with Crippen LogP contribution in [-0.2, 0) is 10.0 Å². The predicted molar refractivity (Wildman–Crippen MR) is 112 cm³/mol. The third-order valence-corrected chi connectivity index (χ3v) is 9.29. The van der Waals surface area contributed by atoms with Crippen molar-refractivity contribution in [2.75, 3.05) is 6.54 Å². The zero-order chi connectivity index (χ0) is 20.2. The van der Waals surface area contributed by atoms with E-state index in [1.807, 2.05) is 6.92 Å². The molecule has 1 aromatic rings. The molecule has 5 nitrogen and oxygen atoms in total. The zero-order valence-electron chi connectivity index (χ0n) is 17.2. The van der Waals surface area contributed by atoms with Crippen molar-refractivity contribution < 1.29 is 13.2 Å². The average Bonchev–Trinajstić information content (AvgIpc) is 3.43. The lowest BCUT2D eigenvalue weighted by Gasteiger charge is -2.57. The van der Waals surface area contributed by atoms with Crippen molar-refractivity contribution in [2.24, 2.45) is 23.2 Å². The Balaban J connectivity index is 1.23. The molecule has 0 saturated heterocycles. The van der Waals surface area contributed by atoms with E-state index in [-0.39, 0.29) is 16.8 Å². The molecule has 0 unspecified atom stereocenters. The topological polar surface area (TPSA) is 75.3 Å². The van der Waals surface area contributed by atoms with Gasteiger partial charge >= 0.3 is 0 Å². The quantitative estimate of drug-likeness (QED) is 0.710. The van der Waals surface area contributed by atoms with E-state index in [0.717, 1.165) is 42.6 Å². The summed E-state index contributed by atoms with van der Waals surface area (Å²) in [4.78, 5) is 13.0. The number of hydrogen-bond acceptors (Lipinski definition) is 3. The van der Waals surface area contributed by atoms with Gasteiger partial charge in [0.2, 0.25) is 10.0 Å². The van der Waals surface area contributed by atoms with Gasteiger partial charge in [-0.1, -0.05) is 6.07 Å². The number of benzene rings is 1. The summed E-state index contributed by atoms with van der Waals surface area (Å²) in [5.74, 6) is 2.59. The number of nitrogens with one attached hydrogen (secondary N) is 2. The largest absolute Gasteiger partial charge is 0.352 e. The van der Waals surface area contributed by atoms with E-state index in [0.29, 0.717) is 17.5 Å². The maximum absolute atomic E-state index is 12.8. The number of carbonyl (C=O) groups is 1. The van der Waals surface area contributed by atoms with Crippen molar-refractivity contribution in [1.29, 1.82) is 0 Å². The molecule has 29 heavy (non-hydrogen) atoms. The highest BCUT2D eigenvalue weighted by Crippen LogP contribution is 2.61. The highest BCUT2D eigenvalue weighted by molar-refractivity contribution is 7.89. The Morgan fingerprint density at radius 1 is 1.07 bits per heavy atom. The van der Waals surface area contributed by atoms with Gasteiger partial charge in [-0.3, -0.25) is 4.79 Å². The first kappa shape index (κ1) is 19.6. The maximum atomic E-state index is 12.8. The third-order valence-electron chi connectivity index (χ3n) is 7.77. The van der Waals surface area contributed by atoms with Gasteiger partial charge in [-0.2, -0.15) is 0 Å². The number of rotatable bonds is 7. The van der Waals surface area contributed by atoms with Crippen molar-refractivity contribution >= 4 is 15.9 Å². The molecule has 0 aliphatic heterocycles. The van der Waals surface area contributed by atoms with Crippen LogP contribution in [0.25, 0.3) is 0 Å². The second kappa shape index (κ2) is 7.09. The summed E-state index contributed by atoms with van der Waals surface area (Å²) < 4.78 is 27.7. The van der Waals surface area contributed by atoms with Gasteiger partial charge in [-0.15, -0.1) is 0 Å². The normalized spacial score (nSPS) is 33.1. The summed E-state index contributed by atoms with van der Waals surface area (Å²) in [6.45, 7) is 2.54. The molecule has 1 amide bonds. The molecule has 5 fully saturated rings. The lowest BCUT2D eigenvalue weighted by Crippen LogP contribution is -2.47. The van der Waals surface area contributed by atoms with E-state index in [1.165, 1.54) is 44.6 Å². The smallest absolute Gasteiger partial charge is 0.251 e. The second-order valence-corrected chi connectivity index (χ2v) is 12.0. The lowest BCUT2D eigenvalue weighted by molar-refractivity contribution is -0.0564. The first-order chi connectivity index (χ1) is 13.8. The van der Waals surface area contributed by atoms with Crippen molar-refractivity contribution in [2.45, 2.75) is 75.6 Å². The predicted octanol–water partition coefficient (Wildman–Crippen LogP) is 3.77. The Morgan fingerprint density at radius 3 is 2.28 bits per heavy atom. The zero-order valence-corrected chi connectivity index (χ0v) is 18.1. The van der Waals surface area contributed by atoms with E-state index < -0.39 is 10.0 Å². The van der Waals surface area contributed by atoms with Crippen LogP contribution in [0, 0.1) is 30.1 Å². The van der Waals surface area contributed by atoms with Crippen LogP contribution in [0.4, 0.5) is 0 Å². The van der Waals surface area contributed by atoms with Crippen LogP contribution < -0.4 is 10.0 Å². The third kappa shape index (κ3) is 3.98. The minimum absolute atomic E-state index is 0.0545. The molecule has 0 heterocycles. The summed E-state index contributed by atoms with van der Waals surface area (Å²) in [5, 5.41) is 3.09. The van der Waals surface area contributed by atoms with E-state index in [9.17, 15) is 13.2 Å². The number of amides is 1. The molecule has 0 spiro atoms. The first-order valence-corrected chi connectivity index (χ1v) is 12.7. The van der Waals surface area contributed by atoms with E-state index in [4.69, 9.17) is 0 Å². The molecule has 5 aliphatic rings. The van der Waals surface area contributed by atoms with Gasteiger partial charge in [0.25, 0.3) is 5.91 Å². The van der Waals surface area contributed by atoms with Crippen LogP contribution in [0.15, 0.2) is 23.1 Å². The summed E-state index contributed by atoms with van der Waals surface area (Å²) in [5.41, 5.74) is 1.72. The minimum Gasteiger partial charge on any atom is -0.352 e. The lowest BCUT2D eigenvalue weighted by atomic mass is 9.49. The van der Waals surface area contributed by atoms with Crippen molar-refractivity contribution in [3.05, 3.63) is 29.3 Å². The van der Waals surface area contributed by atoms with Crippen molar-refractivity contribution in [1.82, 2.24) is 10.0 Å². The van der Waals surface area contributed by atoms with E-state index in [1.54, 1.807) is 12.1 Å². The molecule has 5 saturated carbocycles. The molecule has 5 aliphatic carbocycles. The fourth-order valence-electron chi connectivity index (χ4n) is 6.63. The molecule has 0 radical (unpaired) electrons. The molecule has 158 valence electrons. The number of sulfonamides is 1. The van der Waals surface area contributed by atoms with Crippen LogP contribution in [-0.4, -0.2) is 26.9 Å². The Hall–Kier alpha value is -1.40. The molecular formula is C23H32N2O3S. The second-order valence-electron chi connectivity index (χ2n) is 10.3. The molecule has 1 aromatic carbocycles.